The molecule has 0 aliphatic carbocycles. The fourth-order valence-corrected chi connectivity index (χ4v) is 1.99. The Hall–Kier alpha value is -0.890. The first kappa shape index (κ1) is 16.2. The first-order valence-electron chi connectivity index (χ1n) is 6.32. The van der Waals surface area contributed by atoms with E-state index in [9.17, 15) is 10.2 Å². The van der Waals surface area contributed by atoms with E-state index < -0.39 is 30.6 Å². The molecule has 0 saturated carbocycles. The molecule has 0 spiro atoms. The second kappa shape index (κ2) is 8.31. The minimum Gasteiger partial charge on any atom is -0.394 e. The average Bonchev–Trinajstić information content (AvgIpc) is 2.42. The van der Waals surface area contributed by atoms with Crippen molar-refractivity contribution in [2.24, 2.45) is 5.11 Å². The van der Waals surface area contributed by atoms with Crippen molar-refractivity contribution in [3.8, 4) is 0 Å². The largest absolute Gasteiger partial charge is 0.394 e. The van der Waals surface area contributed by atoms with Gasteiger partial charge in [-0.1, -0.05) is 18.5 Å². The normalized spacial score (nSPS) is 34.8. The number of unbranched alkanes of at least 4 members (excludes halogenated alkanes) is 1. The van der Waals surface area contributed by atoms with E-state index >= 15 is 0 Å². The van der Waals surface area contributed by atoms with Crippen molar-refractivity contribution in [1.29, 1.82) is 0 Å². The molecule has 19 heavy (non-hydrogen) atoms. The SMILES string of the molecule is CCCCO[C@@H]1C(N=[N+]=[N-])[C@@H](OC)OC(CO)[C@H]1O. The van der Waals surface area contributed by atoms with Crippen LogP contribution in [0.4, 0.5) is 0 Å². The number of ether oxygens (including phenoxy) is 3. The third-order valence-electron chi connectivity index (χ3n) is 3.05. The molecule has 1 rings (SSSR count). The highest BCUT2D eigenvalue weighted by atomic mass is 16.7. The minimum atomic E-state index is -1.07. The summed E-state index contributed by atoms with van der Waals surface area (Å²) in [5, 5.41) is 22.8. The van der Waals surface area contributed by atoms with E-state index in [1.54, 1.807) is 0 Å². The van der Waals surface area contributed by atoms with Gasteiger partial charge in [0, 0.05) is 18.6 Å². The first-order chi connectivity index (χ1) is 9.19. The molecule has 8 nitrogen and oxygen atoms in total. The Morgan fingerprint density at radius 3 is 2.74 bits per heavy atom. The molecule has 0 aromatic rings. The molecule has 110 valence electrons. The smallest absolute Gasteiger partial charge is 0.168 e. The lowest BCUT2D eigenvalue weighted by atomic mass is 9.97. The fourth-order valence-electron chi connectivity index (χ4n) is 1.99. The van der Waals surface area contributed by atoms with Crippen molar-refractivity contribution in [1.82, 2.24) is 0 Å². The maximum absolute atomic E-state index is 10.1. The Morgan fingerprint density at radius 2 is 2.21 bits per heavy atom. The van der Waals surface area contributed by atoms with Gasteiger partial charge in [0.1, 0.15) is 18.2 Å². The molecule has 1 aliphatic heterocycles. The molecule has 5 atom stereocenters. The van der Waals surface area contributed by atoms with Gasteiger partial charge in [-0.05, 0) is 12.0 Å². The van der Waals surface area contributed by atoms with Gasteiger partial charge in [-0.25, -0.2) is 0 Å². The zero-order valence-electron chi connectivity index (χ0n) is 11.2. The quantitative estimate of drug-likeness (QED) is 0.305. The number of azide groups is 1. The Bertz CT molecular complexity index is 311. The highest BCUT2D eigenvalue weighted by Crippen LogP contribution is 2.26. The minimum absolute atomic E-state index is 0.363. The molecule has 1 saturated heterocycles. The van der Waals surface area contributed by atoms with Crippen LogP contribution in [0.15, 0.2) is 5.11 Å². The molecule has 1 aliphatic rings. The van der Waals surface area contributed by atoms with E-state index in [0.717, 1.165) is 12.8 Å². The summed E-state index contributed by atoms with van der Waals surface area (Å²) in [6.45, 7) is 2.09. The topological polar surface area (TPSA) is 117 Å². The molecule has 1 fully saturated rings. The number of rotatable bonds is 7. The summed E-state index contributed by atoms with van der Waals surface area (Å²) in [6, 6.07) is -0.787. The summed E-state index contributed by atoms with van der Waals surface area (Å²) in [5.74, 6) is 0. The third kappa shape index (κ3) is 4.04. The number of hydrogen-bond donors (Lipinski definition) is 2. The maximum atomic E-state index is 10.1. The number of nitrogens with zero attached hydrogens (tertiary/aromatic N) is 3. The summed E-state index contributed by atoms with van der Waals surface area (Å²) in [7, 11) is 1.40. The van der Waals surface area contributed by atoms with Crippen LogP contribution in [-0.4, -0.2) is 61.2 Å². The van der Waals surface area contributed by atoms with E-state index in [4.69, 9.17) is 19.7 Å². The van der Waals surface area contributed by atoms with E-state index in [2.05, 4.69) is 10.0 Å². The molecule has 2 unspecified atom stereocenters. The lowest BCUT2D eigenvalue weighted by molar-refractivity contribution is -0.265. The fraction of sp³-hybridized carbons (Fsp3) is 1.00. The Kier molecular flexibility index (Phi) is 7.07. The lowest BCUT2D eigenvalue weighted by Gasteiger charge is -2.41. The molecule has 2 N–H and O–H groups in total. The predicted octanol–water partition coefficient (Wildman–Crippen LogP) is 0.575. The second-order valence-corrected chi connectivity index (χ2v) is 4.34. The van der Waals surface area contributed by atoms with Crippen molar-refractivity contribution < 1.29 is 24.4 Å². The number of aliphatic hydroxyl groups is 2. The van der Waals surface area contributed by atoms with E-state index in [1.807, 2.05) is 6.92 Å². The van der Waals surface area contributed by atoms with Gasteiger partial charge < -0.3 is 24.4 Å². The number of methoxy groups -OCH3 is 1. The molecule has 0 bridgehead atoms. The van der Waals surface area contributed by atoms with Crippen molar-refractivity contribution in [3.63, 3.8) is 0 Å². The van der Waals surface area contributed by atoms with Crippen LogP contribution < -0.4 is 0 Å². The zero-order chi connectivity index (χ0) is 14.3. The summed E-state index contributed by atoms with van der Waals surface area (Å²) in [4.78, 5) is 2.73. The first-order valence-corrected chi connectivity index (χ1v) is 6.32. The van der Waals surface area contributed by atoms with Crippen molar-refractivity contribution in [2.45, 2.75) is 50.4 Å². The highest BCUT2D eigenvalue weighted by molar-refractivity contribution is 4.94. The van der Waals surface area contributed by atoms with Crippen LogP contribution in [0.25, 0.3) is 10.4 Å². The van der Waals surface area contributed by atoms with Crippen LogP contribution in [0.1, 0.15) is 19.8 Å². The summed E-state index contributed by atoms with van der Waals surface area (Å²) in [5.41, 5.74) is 8.59. The molecular weight excluding hydrogens is 254 g/mol. The predicted molar refractivity (Wildman–Crippen MR) is 66.3 cm³/mol. The van der Waals surface area contributed by atoms with Crippen LogP contribution in [0.3, 0.4) is 0 Å². The molecular formula is C11H21N3O5. The second-order valence-electron chi connectivity index (χ2n) is 4.34. The molecule has 0 radical (unpaired) electrons. The average molecular weight is 275 g/mol. The van der Waals surface area contributed by atoms with Gasteiger partial charge in [0.15, 0.2) is 6.29 Å². The molecule has 8 heteroatoms. The van der Waals surface area contributed by atoms with Crippen LogP contribution in [-0.2, 0) is 14.2 Å². The van der Waals surface area contributed by atoms with E-state index in [-0.39, 0.29) is 6.61 Å². The Morgan fingerprint density at radius 1 is 1.47 bits per heavy atom. The molecule has 0 aromatic heterocycles. The third-order valence-corrected chi connectivity index (χ3v) is 3.05. The van der Waals surface area contributed by atoms with Crippen LogP contribution >= 0.6 is 0 Å². The van der Waals surface area contributed by atoms with Gasteiger partial charge in [0.05, 0.1) is 12.7 Å². The monoisotopic (exact) mass is 275 g/mol. The van der Waals surface area contributed by atoms with Gasteiger partial charge in [-0.3, -0.25) is 0 Å². The van der Waals surface area contributed by atoms with Crippen molar-refractivity contribution in [2.75, 3.05) is 20.3 Å². The Balaban J connectivity index is 2.83. The van der Waals surface area contributed by atoms with E-state index in [0.29, 0.717) is 6.61 Å². The van der Waals surface area contributed by atoms with E-state index in [1.165, 1.54) is 7.11 Å². The lowest BCUT2D eigenvalue weighted by Crippen LogP contribution is -2.59. The zero-order valence-corrected chi connectivity index (χ0v) is 11.2. The standard InChI is InChI=1S/C11H21N3O5/c1-3-4-5-18-10-8(13-14-12)11(17-2)19-7(6-15)9(10)16/h7-11,15-16H,3-6H2,1-2H3/t7?,8?,9-,10-,11+/m1/s1. The highest BCUT2D eigenvalue weighted by Gasteiger charge is 2.45. The summed E-state index contributed by atoms with van der Waals surface area (Å²) < 4.78 is 16.0. The van der Waals surface area contributed by atoms with Crippen LogP contribution in [0.5, 0.6) is 0 Å². The van der Waals surface area contributed by atoms with Gasteiger partial charge in [0.25, 0.3) is 0 Å². The number of aliphatic hydroxyl groups excluding tert-OH is 2. The van der Waals surface area contributed by atoms with Crippen molar-refractivity contribution >= 4 is 0 Å². The van der Waals surface area contributed by atoms with Crippen molar-refractivity contribution in [3.05, 3.63) is 10.4 Å². The number of hydrogen-bond acceptors (Lipinski definition) is 6. The Labute approximate surface area is 111 Å². The summed E-state index contributed by atoms with van der Waals surface area (Å²) in [6.07, 6.45) is -1.70. The van der Waals surface area contributed by atoms with Crippen LogP contribution in [0.2, 0.25) is 0 Å². The maximum Gasteiger partial charge on any atom is 0.168 e. The molecule has 0 aromatic carbocycles. The molecule has 1 heterocycles. The molecule has 0 amide bonds. The van der Waals surface area contributed by atoms with Gasteiger partial charge >= 0.3 is 0 Å². The van der Waals surface area contributed by atoms with Crippen LogP contribution in [0, 0.1) is 0 Å². The van der Waals surface area contributed by atoms with Gasteiger partial charge in [0.2, 0.25) is 0 Å². The van der Waals surface area contributed by atoms with Gasteiger partial charge in [-0.15, -0.1) is 0 Å². The van der Waals surface area contributed by atoms with Gasteiger partial charge in [-0.2, -0.15) is 0 Å². The summed E-state index contributed by atoms with van der Waals surface area (Å²) >= 11 is 0.